The van der Waals surface area contributed by atoms with Gasteiger partial charge in [-0.25, -0.2) is 0 Å². The highest BCUT2D eigenvalue weighted by Crippen LogP contribution is 2.20. The van der Waals surface area contributed by atoms with Gasteiger partial charge < -0.3 is 5.11 Å². The summed E-state index contributed by atoms with van der Waals surface area (Å²) in [5.41, 5.74) is 0. The molecule has 1 N–H and O–H groups in total. The van der Waals surface area contributed by atoms with Gasteiger partial charge in [-0.05, 0) is 12.3 Å². The van der Waals surface area contributed by atoms with E-state index in [9.17, 15) is 4.79 Å². The standard InChI is InChI=1S/C9H17NO2/c1-3-4-8(9(11)12)10-5-7(2)6-10/h7-8H,3-6H2,1-2H3,(H,11,12). The number of carboxylic acids is 1. The van der Waals surface area contributed by atoms with E-state index in [0.29, 0.717) is 5.92 Å². The Morgan fingerprint density at radius 2 is 2.25 bits per heavy atom. The Morgan fingerprint density at radius 1 is 1.67 bits per heavy atom. The Hall–Kier alpha value is -0.570. The first kappa shape index (κ1) is 9.52. The number of hydrogen-bond donors (Lipinski definition) is 1. The highest BCUT2D eigenvalue weighted by molar-refractivity contribution is 5.73. The van der Waals surface area contributed by atoms with Gasteiger partial charge in [-0.3, -0.25) is 9.69 Å². The van der Waals surface area contributed by atoms with E-state index in [-0.39, 0.29) is 6.04 Å². The number of carboxylic acid groups (broad SMARTS) is 1. The highest BCUT2D eigenvalue weighted by atomic mass is 16.4. The summed E-state index contributed by atoms with van der Waals surface area (Å²) in [7, 11) is 0. The summed E-state index contributed by atoms with van der Waals surface area (Å²) >= 11 is 0. The van der Waals surface area contributed by atoms with E-state index >= 15 is 0 Å². The van der Waals surface area contributed by atoms with Crippen molar-refractivity contribution in [2.75, 3.05) is 13.1 Å². The van der Waals surface area contributed by atoms with Gasteiger partial charge in [-0.2, -0.15) is 0 Å². The zero-order valence-electron chi connectivity index (χ0n) is 7.79. The molecule has 1 saturated heterocycles. The summed E-state index contributed by atoms with van der Waals surface area (Å²) in [6.45, 7) is 6.09. The maximum Gasteiger partial charge on any atom is 0.320 e. The zero-order valence-corrected chi connectivity index (χ0v) is 7.79. The van der Waals surface area contributed by atoms with E-state index in [2.05, 4.69) is 11.8 Å². The number of rotatable bonds is 4. The SMILES string of the molecule is CCCC(C(=O)O)N1CC(C)C1. The Bertz CT molecular complexity index is 164. The Labute approximate surface area is 73.4 Å². The molecule has 1 aliphatic heterocycles. The second-order valence-corrected chi connectivity index (χ2v) is 3.70. The maximum absolute atomic E-state index is 10.8. The van der Waals surface area contributed by atoms with Gasteiger partial charge in [-0.15, -0.1) is 0 Å². The van der Waals surface area contributed by atoms with Crippen LogP contribution in [-0.2, 0) is 4.79 Å². The van der Waals surface area contributed by atoms with Gasteiger partial charge in [0, 0.05) is 13.1 Å². The first-order valence-corrected chi connectivity index (χ1v) is 4.62. The molecular formula is C9H17NO2. The predicted octanol–water partition coefficient (Wildman–Crippen LogP) is 1.19. The molecule has 1 fully saturated rings. The van der Waals surface area contributed by atoms with Crippen LogP contribution in [0.2, 0.25) is 0 Å². The Balaban J connectivity index is 2.38. The third-order valence-corrected chi connectivity index (χ3v) is 2.38. The van der Waals surface area contributed by atoms with Gasteiger partial charge in [0.2, 0.25) is 0 Å². The average Bonchev–Trinajstić information content (AvgIpc) is 1.94. The molecule has 0 bridgehead atoms. The maximum atomic E-state index is 10.8. The van der Waals surface area contributed by atoms with Crippen LogP contribution in [0.4, 0.5) is 0 Å². The second kappa shape index (κ2) is 3.90. The molecular weight excluding hydrogens is 154 g/mol. The van der Waals surface area contributed by atoms with Crippen LogP contribution in [0.15, 0.2) is 0 Å². The van der Waals surface area contributed by atoms with E-state index in [1.807, 2.05) is 6.92 Å². The molecule has 1 aliphatic rings. The number of likely N-dealkylation sites (tertiary alicyclic amines) is 1. The predicted molar refractivity (Wildman–Crippen MR) is 47.1 cm³/mol. The van der Waals surface area contributed by atoms with Crippen molar-refractivity contribution in [1.29, 1.82) is 0 Å². The summed E-state index contributed by atoms with van der Waals surface area (Å²) in [5, 5.41) is 8.88. The van der Waals surface area contributed by atoms with Crippen LogP contribution >= 0.6 is 0 Å². The number of hydrogen-bond acceptors (Lipinski definition) is 2. The molecule has 0 saturated carbocycles. The first-order valence-electron chi connectivity index (χ1n) is 4.62. The molecule has 3 heteroatoms. The number of carbonyl (C=O) groups is 1. The zero-order chi connectivity index (χ0) is 9.14. The van der Waals surface area contributed by atoms with Crippen molar-refractivity contribution >= 4 is 5.97 Å². The molecule has 1 heterocycles. The van der Waals surface area contributed by atoms with Gasteiger partial charge >= 0.3 is 5.97 Å². The molecule has 0 spiro atoms. The fraction of sp³-hybridized carbons (Fsp3) is 0.889. The summed E-state index contributed by atoms with van der Waals surface area (Å²) in [5.74, 6) is 0.0208. The summed E-state index contributed by atoms with van der Waals surface area (Å²) < 4.78 is 0. The third-order valence-electron chi connectivity index (χ3n) is 2.38. The Morgan fingerprint density at radius 3 is 2.58 bits per heavy atom. The van der Waals surface area contributed by atoms with Gasteiger partial charge in [0.05, 0.1) is 0 Å². The molecule has 0 radical (unpaired) electrons. The first-order chi connectivity index (χ1) is 5.65. The topological polar surface area (TPSA) is 40.5 Å². The van der Waals surface area contributed by atoms with Crippen molar-refractivity contribution in [2.45, 2.75) is 32.7 Å². The largest absolute Gasteiger partial charge is 0.480 e. The summed E-state index contributed by atoms with van der Waals surface area (Å²) in [4.78, 5) is 12.8. The van der Waals surface area contributed by atoms with Crippen LogP contribution in [0.1, 0.15) is 26.7 Å². The fourth-order valence-corrected chi connectivity index (χ4v) is 1.74. The smallest absolute Gasteiger partial charge is 0.320 e. The molecule has 0 amide bonds. The molecule has 1 unspecified atom stereocenters. The molecule has 12 heavy (non-hydrogen) atoms. The van der Waals surface area contributed by atoms with E-state index in [4.69, 9.17) is 5.11 Å². The van der Waals surface area contributed by atoms with Crippen molar-refractivity contribution in [3.63, 3.8) is 0 Å². The van der Waals surface area contributed by atoms with E-state index in [1.165, 1.54) is 0 Å². The monoisotopic (exact) mass is 171 g/mol. The van der Waals surface area contributed by atoms with Crippen LogP contribution < -0.4 is 0 Å². The van der Waals surface area contributed by atoms with E-state index in [0.717, 1.165) is 25.9 Å². The van der Waals surface area contributed by atoms with Crippen molar-refractivity contribution in [2.24, 2.45) is 5.92 Å². The average molecular weight is 171 g/mol. The molecule has 70 valence electrons. The second-order valence-electron chi connectivity index (χ2n) is 3.70. The van der Waals surface area contributed by atoms with Crippen LogP contribution in [0.25, 0.3) is 0 Å². The van der Waals surface area contributed by atoms with Crippen molar-refractivity contribution < 1.29 is 9.90 Å². The lowest BCUT2D eigenvalue weighted by Crippen LogP contribution is -2.53. The molecule has 0 aromatic heterocycles. The van der Waals surface area contributed by atoms with Gasteiger partial charge in [0.25, 0.3) is 0 Å². The summed E-state index contributed by atoms with van der Waals surface area (Å²) in [6, 6.07) is -0.230. The Kier molecular flexibility index (Phi) is 3.09. The van der Waals surface area contributed by atoms with Gasteiger partial charge in [-0.1, -0.05) is 20.3 Å². The van der Waals surface area contributed by atoms with Crippen LogP contribution in [-0.4, -0.2) is 35.1 Å². The highest BCUT2D eigenvalue weighted by Gasteiger charge is 2.32. The molecule has 0 aromatic rings. The lowest BCUT2D eigenvalue weighted by Gasteiger charge is -2.41. The van der Waals surface area contributed by atoms with Crippen molar-refractivity contribution in [1.82, 2.24) is 4.90 Å². The number of aliphatic carboxylic acids is 1. The number of nitrogens with zero attached hydrogens (tertiary/aromatic N) is 1. The molecule has 1 rings (SSSR count). The molecule has 1 atom stereocenters. The lowest BCUT2D eigenvalue weighted by molar-refractivity contribution is -0.146. The van der Waals surface area contributed by atoms with Gasteiger partial charge in [0.15, 0.2) is 0 Å². The quantitative estimate of drug-likeness (QED) is 0.690. The minimum absolute atomic E-state index is 0.230. The van der Waals surface area contributed by atoms with E-state index in [1.54, 1.807) is 0 Å². The van der Waals surface area contributed by atoms with Crippen LogP contribution in [0, 0.1) is 5.92 Å². The van der Waals surface area contributed by atoms with Crippen molar-refractivity contribution in [3.8, 4) is 0 Å². The van der Waals surface area contributed by atoms with Crippen LogP contribution in [0.3, 0.4) is 0 Å². The minimum atomic E-state index is -0.663. The summed E-state index contributed by atoms with van der Waals surface area (Å²) in [6.07, 6.45) is 1.73. The fourth-order valence-electron chi connectivity index (χ4n) is 1.74. The molecule has 0 aliphatic carbocycles. The third kappa shape index (κ3) is 1.97. The normalized spacial score (nSPS) is 21.8. The molecule has 0 aromatic carbocycles. The molecule has 3 nitrogen and oxygen atoms in total. The van der Waals surface area contributed by atoms with Gasteiger partial charge in [0.1, 0.15) is 6.04 Å². The van der Waals surface area contributed by atoms with Crippen molar-refractivity contribution in [3.05, 3.63) is 0 Å². The van der Waals surface area contributed by atoms with Crippen LogP contribution in [0.5, 0.6) is 0 Å². The minimum Gasteiger partial charge on any atom is -0.480 e. The lowest BCUT2D eigenvalue weighted by atomic mass is 9.98. The van der Waals surface area contributed by atoms with E-state index < -0.39 is 5.97 Å².